The van der Waals surface area contributed by atoms with E-state index in [1.807, 2.05) is 0 Å². The number of hydrogen-bond acceptors (Lipinski definition) is 4. The van der Waals surface area contributed by atoms with E-state index < -0.39 is 29.1 Å². The van der Waals surface area contributed by atoms with Crippen molar-refractivity contribution in [3.8, 4) is 5.75 Å². The molecule has 1 rings (SSSR count). The molecule has 1 atom stereocenters. The van der Waals surface area contributed by atoms with Crippen LogP contribution < -0.4 is 11.5 Å². The molecule has 0 spiro atoms. The van der Waals surface area contributed by atoms with E-state index in [0.29, 0.717) is 0 Å². The molecule has 90 valence electrons. The van der Waals surface area contributed by atoms with Crippen molar-refractivity contribution in [1.29, 1.82) is 0 Å². The van der Waals surface area contributed by atoms with Crippen LogP contribution in [0.25, 0.3) is 0 Å². The van der Waals surface area contributed by atoms with Gasteiger partial charge in [0.1, 0.15) is 17.1 Å². The van der Waals surface area contributed by atoms with Gasteiger partial charge < -0.3 is 21.7 Å². The van der Waals surface area contributed by atoms with Crippen LogP contribution in [0, 0.1) is 5.82 Å². The lowest BCUT2D eigenvalue weighted by atomic mass is 10.0. The molecule has 0 radical (unpaired) electrons. The number of halogens is 2. The van der Waals surface area contributed by atoms with Crippen molar-refractivity contribution in [3.63, 3.8) is 0 Å². The van der Waals surface area contributed by atoms with Crippen LogP contribution in [0.4, 0.5) is 4.39 Å². The Hall–Kier alpha value is -1.37. The SMILES string of the molecule is Cl.NC[C@@H](N)c1c(F)ccc(C(=O)O)c1O. The second-order valence-corrected chi connectivity index (χ2v) is 3.00. The topological polar surface area (TPSA) is 110 Å². The molecule has 7 heteroatoms. The van der Waals surface area contributed by atoms with Gasteiger partial charge in [-0.1, -0.05) is 0 Å². The zero-order valence-electron chi connectivity index (χ0n) is 8.18. The number of aromatic carboxylic acids is 1. The Morgan fingerprint density at radius 2 is 2.06 bits per heavy atom. The van der Waals surface area contributed by atoms with Crippen molar-refractivity contribution in [3.05, 3.63) is 29.1 Å². The Labute approximate surface area is 97.3 Å². The molecular weight excluding hydrogens is 239 g/mol. The highest BCUT2D eigenvalue weighted by Crippen LogP contribution is 2.29. The Balaban J connectivity index is 0.00000225. The van der Waals surface area contributed by atoms with Gasteiger partial charge in [0, 0.05) is 18.2 Å². The summed E-state index contributed by atoms with van der Waals surface area (Å²) in [5, 5.41) is 18.2. The second-order valence-electron chi connectivity index (χ2n) is 3.00. The fourth-order valence-electron chi connectivity index (χ4n) is 1.23. The standard InChI is InChI=1S/C9H11FN2O3.ClH/c10-5-2-1-4(9(14)15)8(13)7(5)6(12)3-11;/h1-2,6,13H,3,11-12H2,(H,14,15);1H/t6-;/m1./s1. The minimum absolute atomic E-state index is 0. The first-order valence-electron chi connectivity index (χ1n) is 4.19. The van der Waals surface area contributed by atoms with Crippen LogP contribution in [0.1, 0.15) is 22.0 Å². The highest BCUT2D eigenvalue weighted by Gasteiger charge is 2.20. The summed E-state index contributed by atoms with van der Waals surface area (Å²) in [4.78, 5) is 10.6. The van der Waals surface area contributed by atoms with Crippen molar-refractivity contribution < 1.29 is 19.4 Å². The first-order chi connectivity index (χ1) is 6.99. The largest absolute Gasteiger partial charge is 0.507 e. The number of aromatic hydroxyl groups is 1. The second kappa shape index (κ2) is 5.64. The molecular formula is C9H12ClFN2O3. The smallest absolute Gasteiger partial charge is 0.339 e. The van der Waals surface area contributed by atoms with E-state index in [1.54, 1.807) is 0 Å². The van der Waals surface area contributed by atoms with Crippen LogP contribution >= 0.6 is 12.4 Å². The van der Waals surface area contributed by atoms with E-state index in [1.165, 1.54) is 0 Å². The van der Waals surface area contributed by atoms with Gasteiger partial charge in [0.05, 0.1) is 0 Å². The van der Waals surface area contributed by atoms with E-state index in [0.717, 1.165) is 12.1 Å². The molecule has 0 saturated carbocycles. The van der Waals surface area contributed by atoms with Crippen LogP contribution in [0.3, 0.4) is 0 Å². The Kier molecular flexibility index (Phi) is 5.16. The van der Waals surface area contributed by atoms with Gasteiger partial charge in [0.2, 0.25) is 0 Å². The summed E-state index contributed by atoms with van der Waals surface area (Å²) in [5.74, 6) is -2.78. The lowest BCUT2D eigenvalue weighted by Gasteiger charge is -2.13. The van der Waals surface area contributed by atoms with Crippen molar-refractivity contribution in [2.45, 2.75) is 6.04 Å². The maximum Gasteiger partial charge on any atom is 0.339 e. The summed E-state index contributed by atoms with van der Waals surface area (Å²) >= 11 is 0. The van der Waals surface area contributed by atoms with Gasteiger partial charge in [-0.3, -0.25) is 0 Å². The summed E-state index contributed by atoms with van der Waals surface area (Å²) in [5.41, 5.74) is 10.0. The third-order valence-electron chi connectivity index (χ3n) is 2.02. The molecule has 0 unspecified atom stereocenters. The molecule has 5 nitrogen and oxygen atoms in total. The fourth-order valence-corrected chi connectivity index (χ4v) is 1.23. The third kappa shape index (κ3) is 2.60. The number of benzene rings is 1. The van der Waals surface area contributed by atoms with Crippen molar-refractivity contribution >= 4 is 18.4 Å². The van der Waals surface area contributed by atoms with E-state index in [2.05, 4.69) is 0 Å². The van der Waals surface area contributed by atoms with Gasteiger partial charge in [0.15, 0.2) is 0 Å². The predicted octanol–water partition coefficient (Wildman–Crippen LogP) is 0.610. The molecule has 0 fully saturated rings. The quantitative estimate of drug-likeness (QED) is 0.628. The van der Waals surface area contributed by atoms with Gasteiger partial charge in [-0.15, -0.1) is 12.4 Å². The number of carbonyl (C=O) groups is 1. The molecule has 0 saturated heterocycles. The van der Waals surface area contributed by atoms with Crippen LogP contribution in [-0.4, -0.2) is 22.7 Å². The molecule has 0 amide bonds. The average molecular weight is 251 g/mol. The van der Waals surface area contributed by atoms with E-state index in [9.17, 15) is 14.3 Å². The first-order valence-corrected chi connectivity index (χ1v) is 4.19. The molecule has 0 bridgehead atoms. The van der Waals surface area contributed by atoms with Crippen LogP contribution in [0.15, 0.2) is 12.1 Å². The Morgan fingerprint density at radius 3 is 2.50 bits per heavy atom. The summed E-state index contributed by atoms with van der Waals surface area (Å²) in [7, 11) is 0. The lowest BCUT2D eigenvalue weighted by Crippen LogP contribution is -2.22. The highest BCUT2D eigenvalue weighted by molar-refractivity contribution is 5.91. The van der Waals surface area contributed by atoms with Gasteiger partial charge in [-0.2, -0.15) is 0 Å². The maximum atomic E-state index is 13.2. The third-order valence-corrected chi connectivity index (χ3v) is 2.02. The first kappa shape index (κ1) is 14.6. The number of hydrogen-bond donors (Lipinski definition) is 4. The molecule has 16 heavy (non-hydrogen) atoms. The Morgan fingerprint density at radius 1 is 1.50 bits per heavy atom. The van der Waals surface area contributed by atoms with E-state index in [-0.39, 0.29) is 24.5 Å². The van der Waals surface area contributed by atoms with E-state index in [4.69, 9.17) is 16.6 Å². The number of nitrogens with two attached hydrogens (primary N) is 2. The van der Waals surface area contributed by atoms with Gasteiger partial charge >= 0.3 is 5.97 Å². The fraction of sp³-hybridized carbons (Fsp3) is 0.222. The normalized spacial score (nSPS) is 11.7. The predicted molar refractivity (Wildman–Crippen MR) is 58.3 cm³/mol. The molecule has 1 aromatic rings. The number of carboxylic acids is 1. The summed E-state index contributed by atoms with van der Waals surface area (Å²) in [6.07, 6.45) is 0. The zero-order valence-corrected chi connectivity index (χ0v) is 9.00. The van der Waals surface area contributed by atoms with Crippen molar-refractivity contribution in [1.82, 2.24) is 0 Å². The highest BCUT2D eigenvalue weighted by atomic mass is 35.5. The van der Waals surface area contributed by atoms with Crippen LogP contribution in [0.5, 0.6) is 5.75 Å². The molecule has 0 aliphatic carbocycles. The summed E-state index contributed by atoms with van der Waals surface area (Å²) in [6.45, 7) is -0.0897. The molecule has 0 aliphatic rings. The monoisotopic (exact) mass is 250 g/mol. The molecule has 0 aromatic heterocycles. The lowest BCUT2D eigenvalue weighted by molar-refractivity contribution is 0.0693. The average Bonchev–Trinajstić information content (AvgIpc) is 2.16. The molecule has 6 N–H and O–H groups in total. The number of carboxylic acid groups (broad SMARTS) is 1. The Bertz CT molecular complexity index is 401. The van der Waals surface area contributed by atoms with Gasteiger partial charge in [-0.05, 0) is 12.1 Å². The van der Waals surface area contributed by atoms with Gasteiger partial charge in [-0.25, -0.2) is 9.18 Å². The molecule has 0 aliphatic heterocycles. The van der Waals surface area contributed by atoms with E-state index >= 15 is 0 Å². The van der Waals surface area contributed by atoms with Crippen LogP contribution in [0.2, 0.25) is 0 Å². The minimum atomic E-state index is -1.35. The summed E-state index contributed by atoms with van der Waals surface area (Å²) in [6, 6.07) is 0.984. The molecule has 0 heterocycles. The zero-order chi connectivity index (χ0) is 11.6. The molecule has 1 aromatic carbocycles. The summed E-state index contributed by atoms with van der Waals surface area (Å²) < 4.78 is 13.2. The maximum absolute atomic E-state index is 13.2. The minimum Gasteiger partial charge on any atom is -0.507 e. The van der Waals surface area contributed by atoms with Crippen molar-refractivity contribution in [2.24, 2.45) is 11.5 Å². The van der Waals surface area contributed by atoms with Crippen LogP contribution in [-0.2, 0) is 0 Å². The number of rotatable bonds is 3. The van der Waals surface area contributed by atoms with Gasteiger partial charge in [0.25, 0.3) is 0 Å². The number of phenols is 1. The van der Waals surface area contributed by atoms with Crippen molar-refractivity contribution in [2.75, 3.05) is 6.54 Å².